The molecule has 1 saturated carbocycles. The summed E-state index contributed by atoms with van der Waals surface area (Å²) in [6, 6.07) is 17.5. The van der Waals surface area contributed by atoms with Crippen molar-refractivity contribution in [3.05, 3.63) is 94.8 Å². The number of carboxylic acids is 1. The summed E-state index contributed by atoms with van der Waals surface area (Å²) < 4.78 is 0. The van der Waals surface area contributed by atoms with Crippen molar-refractivity contribution in [2.45, 2.75) is 51.7 Å². The van der Waals surface area contributed by atoms with Crippen molar-refractivity contribution in [3.8, 4) is 11.4 Å². The number of benzene rings is 2. The molecule has 1 unspecified atom stereocenters. The standard InChI is InChI=1S/C32H33N7O5/c1-2-14-38-28-26(30(41)39(32(38)44)24-11-12-24)36-27(37-28)23-10-13-25(34-18-23)33-16-19-6-8-20(9-7-19)17-35-29(40)21-4-3-5-22(15-21)31(42)43/h3-10,13,15,18,24,32,44H,2,11-12,14,16-17H2,1H3,(H,33,34)(H,35,40)(H,36,37)(H,42,43). The van der Waals surface area contributed by atoms with Crippen molar-refractivity contribution in [3.63, 3.8) is 0 Å². The summed E-state index contributed by atoms with van der Waals surface area (Å²) in [5, 5.41) is 26.1. The molecular weight excluding hydrogens is 562 g/mol. The van der Waals surface area contributed by atoms with E-state index in [-0.39, 0.29) is 23.4 Å². The third-order valence-corrected chi connectivity index (χ3v) is 7.70. The molecule has 2 amide bonds. The number of anilines is 2. The Morgan fingerprint density at radius 3 is 2.41 bits per heavy atom. The third-order valence-electron chi connectivity index (χ3n) is 7.70. The first kappa shape index (κ1) is 28.9. The van der Waals surface area contributed by atoms with E-state index < -0.39 is 12.3 Å². The number of fused-ring (bicyclic) bond motifs is 1. The van der Waals surface area contributed by atoms with Crippen LogP contribution >= 0.6 is 0 Å². The molecule has 4 aromatic rings. The number of nitrogens with zero attached hydrogens (tertiary/aromatic N) is 4. The molecule has 1 aliphatic carbocycles. The SMILES string of the molecule is CCCN1c2nc(-c3ccc(NCc4ccc(CNC(=O)c5cccc(C(=O)O)c5)cc4)nc3)[nH]c2C(=O)N(C2CC2)C1O. The number of pyridine rings is 1. The molecule has 1 atom stereocenters. The van der Waals surface area contributed by atoms with E-state index in [9.17, 15) is 19.5 Å². The summed E-state index contributed by atoms with van der Waals surface area (Å²) >= 11 is 0. The number of aromatic amines is 1. The minimum Gasteiger partial charge on any atom is -0.478 e. The van der Waals surface area contributed by atoms with Gasteiger partial charge in [-0.15, -0.1) is 0 Å². The zero-order chi connectivity index (χ0) is 30.8. The van der Waals surface area contributed by atoms with Crippen LogP contribution in [0.1, 0.15) is 68.5 Å². The topological polar surface area (TPSA) is 164 Å². The zero-order valence-corrected chi connectivity index (χ0v) is 24.2. The summed E-state index contributed by atoms with van der Waals surface area (Å²) in [5.41, 5.74) is 3.40. The lowest BCUT2D eigenvalue weighted by molar-refractivity contribution is -0.00314. The van der Waals surface area contributed by atoms with Gasteiger partial charge in [0.1, 0.15) is 17.3 Å². The average molecular weight is 596 g/mol. The average Bonchev–Trinajstić information content (AvgIpc) is 3.78. The first-order chi connectivity index (χ1) is 21.3. The fraction of sp³-hybridized carbons (Fsp3) is 0.281. The van der Waals surface area contributed by atoms with Gasteiger partial charge in [0, 0.05) is 43.0 Å². The lowest BCUT2D eigenvalue weighted by atomic mass is 10.1. The van der Waals surface area contributed by atoms with Gasteiger partial charge in [0.15, 0.2) is 5.82 Å². The molecular formula is C32H33N7O5. The van der Waals surface area contributed by atoms with Crippen LogP contribution in [0.2, 0.25) is 0 Å². The molecule has 226 valence electrons. The molecule has 6 rings (SSSR count). The lowest BCUT2D eigenvalue weighted by Gasteiger charge is -2.40. The quantitative estimate of drug-likeness (QED) is 0.173. The first-order valence-corrected chi connectivity index (χ1v) is 14.6. The van der Waals surface area contributed by atoms with Crippen molar-refractivity contribution in [1.82, 2.24) is 25.2 Å². The Kier molecular flexibility index (Phi) is 7.99. The van der Waals surface area contributed by atoms with Crippen LogP contribution in [0.4, 0.5) is 11.6 Å². The van der Waals surface area contributed by atoms with E-state index in [2.05, 4.69) is 25.6 Å². The van der Waals surface area contributed by atoms with Crippen LogP contribution in [0.5, 0.6) is 0 Å². The Morgan fingerprint density at radius 2 is 1.75 bits per heavy atom. The largest absolute Gasteiger partial charge is 0.478 e. The van der Waals surface area contributed by atoms with E-state index in [4.69, 9.17) is 5.11 Å². The Labute approximate surface area is 253 Å². The van der Waals surface area contributed by atoms with Crippen LogP contribution in [-0.4, -0.2) is 66.8 Å². The summed E-state index contributed by atoms with van der Waals surface area (Å²) in [6.45, 7) is 3.44. The molecule has 0 spiro atoms. The second-order valence-electron chi connectivity index (χ2n) is 10.9. The highest BCUT2D eigenvalue weighted by molar-refractivity contribution is 6.00. The number of H-pyrrole nitrogens is 1. The number of rotatable bonds is 11. The van der Waals surface area contributed by atoms with E-state index in [0.29, 0.717) is 48.4 Å². The van der Waals surface area contributed by atoms with Gasteiger partial charge in [-0.3, -0.25) is 14.5 Å². The van der Waals surface area contributed by atoms with Gasteiger partial charge in [0.2, 0.25) is 6.35 Å². The number of imidazole rings is 1. The van der Waals surface area contributed by atoms with E-state index in [1.54, 1.807) is 28.1 Å². The van der Waals surface area contributed by atoms with Crippen molar-refractivity contribution in [1.29, 1.82) is 0 Å². The van der Waals surface area contributed by atoms with Gasteiger partial charge in [-0.05, 0) is 60.7 Å². The number of aromatic carboxylic acids is 1. The second kappa shape index (κ2) is 12.2. The van der Waals surface area contributed by atoms with Crippen molar-refractivity contribution >= 4 is 29.4 Å². The number of hydrogen-bond donors (Lipinski definition) is 5. The number of carboxylic acid groups (broad SMARTS) is 1. The molecule has 1 fully saturated rings. The maximum absolute atomic E-state index is 13.2. The lowest BCUT2D eigenvalue weighted by Crippen LogP contribution is -2.56. The van der Waals surface area contributed by atoms with Crippen LogP contribution in [-0.2, 0) is 13.1 Å². The number of aromatic nitrogens is 3. The molecule has 12 nitrogen and oxygen atoms in total. The van der Waals surface area contributed by atoms with Gasteiger partial charge >= 0.3 is 5.97 Å². The summed E-state index contributed by atoms with van der Waals surface area (Å²) in [7, 11) is 0. The van der Waals surface area contributed by atoms with Gasteiger partial charge in [-0.25, -0.2) is 14.8 Å². The van der Waals surface area contributed by atoms with Crippen molar-refractivity contribution in [2.75, 3.05) is 16.8 Å². The summed E-state index contributed by atoms with van der Waals surface area (Å²) in [4.78, 5) is 52.4. The Hall–Kier alpha value is -5.23. The molecule has 0 bridgehead atoms. The van der Waals surface area contributed by atoms with Gasteiger partial charge in [0.25, 0.3) is 11.8 Å². The highest BCUT2D eigenvalue weighted by atomic mass is 16.4. The van der Waals surface area contributed by atoms with Gasteiger partial charge < -0.3 is 30.7 Å². The fourth-order valence-corrected chi connectivity index (χ4v) is 5.20. The molecule has 44 heavy (non-hydrogen) atoms. The Balaban J connectivity index is 1.05. The number of aliphatic hydroxyl groups excluding tert-OH is 1. The number of amides is 2. The zero-order valence-electron chi connectivity index (χ0n) is 24.2. The van der Waals surface area contributed by atoms with Gasteiger partial charge in [-0.1, -0.05) is 37.3 Å². The van der Waals surface area contributed by atoms with Gasteiger partial charge in [0.05, 0.1) is 5.56 Å². The molecule has 0 saturated heterocycles. The second-order valence-corrected chi connectivity index (χ2v) is 10.9. The van der Waals surface area contributed by atoms with E-state index in [1.807, 2.05) is 43.3 Å². The normalized spacial score (nSPS) is 16.0. The predicted octanol–water partition coefficient (Wildman–Crippen LogP) is 3.82. The Bertz CT molecular complexity index is 1680. The van der Waals surface area contributed by atoms with Crippen LogP contribution in [0.3, 0.4) is 0 Å². The molecule has 5 N–H and O–H groups in total. The van der Waals surface area contributed by atoms with Crippen molar-refractivity contribution < 1.29 is 24.6 Å². The highest BCUT2D eigenvalue weighted by Gasteiger charge is 2.45. The number of hydrogen-bond acceptors (Lipinski definition) is 8. The number of aliphatic hydroxyl groups is 1. The van der Waals surface area contributed by atoms with E-state index >= 15 is 0 Å². The van der Waals surface area contributed by atoms with E-state index in [0.717, 1.165) is 36.0 Å². The Morgan fingerprint density at radius 1 is 1.02 bits per heavy atom. The van der Waals surface area contributed by atoms with Crippen LogP contribution in [0.15, 0.2) is 66.9 Å². The summed E-state index contributed by atoms with van der Waals surface area (Å²) in [5.74, 6) is 0.00435. The number of carbonyl (C=O) groups excluding carboxylic acids is 2. The molecule has 2 aromatic heterocycles. The van der Waals surface area contributed by atoms with Crippen LogP contribution in [0.25, 0.3) is 11.4 Å². The molecule has 3 heterocycles. The number of nitrogens with one attached hydrogen (secondary N) is 3. The first-order valence-electron chi connectivity index (χ1n) is 14.6. The molecule has 1 aliphatic heterocycles. The third kappa shape index (κ3) is 5.97. The molecule has 0 radical (unpaired) electrons. The monoisotopic (exact) mass is 595 g/mol. The predicted molar refractivity (Wildman–Crippen MR) is 163 cm³/mol. The van der Waals surface area contributed by atoms with Crippen LogP contribution < -0.4 is 15.5 Å². The molecule has 2 aromatic carbocycles. The van der Waals surface area contributed by atoms with E-state index in [1.165, 1.54) is 12.1 Å². The minimum atomic E-state index is -1.08. The van der Waals surface area contributed by atoms with Crippen LogP contribution in [0, 0.1) is 0 Å². The summed E-state index contributed by atoms with van der Waals surface area (Å²) in [6.07, 6.45) is 3.27. The fourth-order valence-electron chi connectivity index (χ4n) is 5.20. The molecule has 2 aliphatic rings. The maximum atomic E-state index is 13.2. The van der Waals surface area contributed by atoms with Gasteiger partial charge in [-0.2, -0.15) is 0 Å². The number of carbonyl (C=O) groups is 3. The molecule has 12 heteroatoms. The highest BCUT2D eigenvalue weighted by Crippen LogP contribution is 2.37. The minimum absolute atomic E-state index is 0.0643. The maximum Gasteiger partial charge on any atom is 0.335 e. The van der Waals surface area contributed by atoms with Crippen molar-refractivity contribution in [2.24, 2.45) is 0 Å². The smallest absolute Gasteiger partial charge is 0.335 e.